The van der Waals surface area contributed by atoms with Gasteiger partial charge < -0.3 is 4.74 Å². The fourth-order valence-electron chi connectivity index (χ4n) is 1.68. The highest BCUT2D eigenvalue weighted by Crippen LogP contribution is 2.14. The van der Waals surface area contributed by atoms with Gasteiger partial charge in [0.15, 0.2) is 0 Å². The van der Waals surface area contributed by atoms with Gasteiger partial charge in [0.2, 0.25) is 0 Å². The number of rotatable bonds is 5. The largest absolute Gasteiger partial charge is 0.496 e. The smallest absolute Gasteiger partial charge is 0.261 e. The van der Waals surface area contributed by atoms with Gasteiger partial charge in [0.1, 0.15) is 12.3 Å². The molecule has 1 aromatic heterocycles. The number of aryl methyl sites for hydroxylation is 1. The fraction of sp³-hybridized carbons (Fsp3) is 0.214. The minimum Gasteiger partial charge on any atom is -0.496 e. The van der Waals surface area contributed by atoms with Crippen molar-refractivity contribution in [1.82, 2.24) is 15.2 Å². The molecule has 0 radical (unpaired) electrons. The van der Waals surface area contributed by atoms with E-state index in [0.29, 0.717) is 5.75 Å². The predicted molar refractivity (Wildman–Crippen MR) is 75.7 cm³/mol. The van der Waals surface area contributed by atoms with E-state index in [1.54, 1.807) is 24.2 Å². The second-order valence-electron chi connectivity index (χ2n) is 4.19. The van der Waals surface area contributed by atoms with E-state index >= 15 is 0 Å². The first-order chi connectivity index (χ1) is 9.69. The topological polar surface area (TPSA) is 68.5 Å². The Labute approximate surface area is 117 Å². The maximum atomic E-state index is 11.6. The molecule has 0 fully saturated rings. The van der Waals surface area contributed by atoms with Crippen molar-refractivity contribution in [2.24, 2.45) is 5.10 Å². The second-order valence-corrected chi connectivity index (χ2v) is 4.19. The van der Waals surface area contributed by atoms with Crippen molar-refractivity contribution in [3.05, 3.63) is 47.8 Å². The zero-order valence-electron chi connectivity index (χ0n) is 11.4. The van der Waals surface area contributed by atoms with Crippen molar-refractivity contribution in [3.8, 4) is 5.75 Å². The van der Waals surface area contributed by atoms with E-state index in [2.05, 4.69) is 15.6 Å². The minimum atomic E-state index is -0.237. The van der Waals surface area contributed by atoms with Crippen molar-refractivity contribution < 1.29 is 9.53 Å². The molecule has 0 bridgehead atoms. The lowest BCUT2D eigenvalue weighted by Crippen LogP contribution is -2.23. The molecule has 0 unspecified atom stereocenters. The summed E-state index contributed by atoms with van der Waals surface area (Å²) in [4.78, 5) is 11.6. The molecule has 0 atom stereocenters. The number of methoxy groups -OCH3 is 1. The molecule has 0 aliphatic heterocycles. The quantitative estimate of drug-likeness (QED) is 0.660. The average Bonchev–Trinajstić information content (AvgIpc) is 2.84. The fourth-order valence-corrected chi connectivity index (χ4v) is 1.68. The van der Waals surface area contributed by atoms with Crippen LogP contribution >= 0.6 is 0 Å². The van der Waals surface area contributed by atoms with Gasteiger partial charge in [-0.05, 0) is 25.1 Å². The summed E-state index contributed by atoms with van der Waals surface area (Å²) in [5, 5.41) is 8.04. The number of carbonyl (C=O) groups is 1. The van der Waals surface area contributed by atoms with E-state index in [4.69, 9.17) is 4.74 Å². The van der Waals surface area contributed by atoms with Crippen LogP contribution in [0.15, 0.2) is 41.6 Å². The number of nitrogens with zero attached hydrogens (tertiary/aromatic N) is 3. The number of nitrogens with one attached hydrogen (secondary N) is 1. The van der Waals surface area contributed by atoms with Crippen LogP contribution in [0.3, 0.4) is 0 Å². The molecular formula is C14H16N4O2. The van der Waals surface area contributed by atoms with Crippen LogP contribution < -0.4 is 10.2 Å². The summed E-state index contributed by atoms with van der Waals surface area (Å²) in [7, 11) is 1.59. The highest BCUT2D eigenvalue weighted by atomic mass is 16.5. The first-order valence-electron chi connectivity index (χ1n) is 6.14. The number of hydrazone groups is 1. The van der Waals surface area contributed by atoms with Gasteiger partial charge in [-0.3, -0.25) is 9.48 Å². The number of ether oxygens (including phenoxy) is 1. The van der Waals surface area contributed by atoms with Gasteiger partial charge in [0.05, 0.1) is 19.0 Å². The van der Waals surface area contributed by atoms with Gasteiger partial charge in [0.25, 0.3) is 5.91 Å². The third-order valence-corrected chi connectivity index (χ3v) is 2.61. The molecule has 0 saturated carbocycles. The van der Waals surface area contributed by atoms with Gasteiger partial charge in [-0.1, -0.05) is 12.1 Å². The van der Waals surface area contributed by atoms with E-state index < -0.39 is 0 Å². The molecule has 6 heteroatoms. The summed E-state index contributed by atoms with van der Waals surface area (Å²) in [6.07, 6.45) is 3.30. The molecule has 6 nitrogen and oxygen atoms in total. The third-order valence-electron chi connectivity index (χ3n) is 2.61. The third kappa shape index (κ3) is 3.68. The Morgan fingerprint density at radius 1 is 1.45 bits per heavy atom. The van der Waals surface area contributed by atoms with Crippen LogP contribution in [0, 0.1) is 6.92 Å². The first kappa shape index (κ1) is 13.8. The Balaban J connectivity index is 1.91. The van der Waals surface area contributed by atoms with E-state index in [1.165, 1.54) is 0 Å². The minimum absolute atomic E-state index is 0.136. The van der Waals surface area contributed by atoms with Crippen molar-refractivity contribution in [2.75, 3.05) is 7.11 Å². The molecule has 0 saturated heterocycles. The Kier molecular flexibility index (Phi) is 4.49. The molecule has 1 aromatic carbocycles. The Morgan fingerprint density at radius 3 is 2.95 bits per heavy atom. The highest BCUT2D eigenvalue weighted by molar-refractivity contribution is 5.85. The molecule has 0 aliphatic rings. The molecule has 0 spiro atoms. The number of hydrogen-bond donors (Lipinski definition) is 1. The summed E-state index contributed by atoms with van der Waals surface area (Å²) in [6, 6.07) is 9.26. The predicted octanol–water partition coefficient (Wildman–Crippen LogP) is 1.35. The van der Waals surface area contributed by atoms with Gasteiger partial charge in [-0.25, -0.2) is 5.43 Å². The average molecular weight is 272 g/mol. The second kappa shape index (κ2) is 6.51. The van der Waals surface area contributed by atoms with E-state index in [0.717, 1.165) is 11.3 Å². The van der Waals surface area contributed by atoms with E-state index in [-0.39, 0.29) is 12.5 Å². The molecule has 1 heterocycles. The summed E-state index contributed by atoms with van der Waals surface area (Å²) >= 11 is 0. The van der Waals surface area contributed by atoms with Crippen LogP contribution in [0.1, 0.15) is 11.3 Å². The van der Waals surface area contributed by atoms with Crippen molar-refractivity contribution in [1.29, 1.82) is 0 Å². The van der Waals surface area contributed by atoms with Crippen LogP contribution in [0.25, 0.3) is 0 Å². The molecule has 1 N–H and O–H groups in total. The van der Waals surface area contributed by atoms with Crippen LogP contribution in [0.2, 0.25) is 0 Å². The maximum Gasteiger partial charge on any atom is 0.261 e. The highest BCUT2D eigenvalue weighted by Gasteiger charge is 2.02. The van der Waals surface area contributed by atoms with Crippen molar-refractivity contribution in [3.63, 3.8) is 0 Å². The van der Waals surface area contributed by atoms with E-state index in [9.17, 15) is 4.79 Å². The molecule has 104 valence electrons. The molecule has 0 aliphatic carbocycles. The van der Waals surface area contributed by atoms with Crippen LogP contribution in [-0.2, 0) is 11.3 Å². The number of benzene rings is 1. The monoisotopic (exact) mass is 272 g/mol. The number of carbonyl (C=O) groups excluding carboxylic acids is 1. The number of hydrogen-bond acceptors (Lipinski definition) is 4. The number of aromatic nitrogens is 2. The van der Waals surface area contributed by atoms with Gasteiger partial charge in [-0.15, -0.1) is 0 Å². The number of amides is 1. The SMILES string of the molecule is COc1ccccc1/C=N\NC(=O)Cn1ccc(C)n1. The van der Waals surface area contributed by atoms with Crippen molar-refractivity contribution in [2.45, 2.75) is 13.5 Å². The van der Waals surface area contributed by atoms with Gasteiger partial charge in [-0.2, -0.15) is 10.2 Å². The zero-order chi connectivity index (χ0) is 14.4. The Hall–Kier alpha value is -2.63. The molecule has 2 rings (SSSR count). The molecule has 1 amide bonds. The van der Waals surface area contributed by atoms with Crippen molar-refractivity contribution >= 4 is 12.1 Å². The van der Waals surface area contributed by atoms with Gasteiger partial charge >= 0.3 is 0 Å². The summed E-state index contributed by atoms with van der Waals surface area (Å²) in [5.74, 6) is 0.465. The van der Waals surface area contributed by atoms with Gasteiger partial charge in [0, 0.05) is 11.8 Å². The molecular weight excluding hydrogens is 256 g/mol. The summed E-state index contributed by atoms with van der Waals surface area (Å²) < 4.78 is 6.74. The molecule has 2 aromatic rings. The summed E-state index contributed by atoms with van der Waals surface area (Å²) in [6.45, 7) is 2.01. The lowest BCUT2D eigenvalue weighted by Gasteiger charge is -2.03. The first-order valence-corrected chi connectivity index (χ1v) is 6.14. The van der Waals surface area contributed by atoms with Crippen LogP contribution in [0.5, 0.6) is 5.75 Å². The zero-order valence-corrected chi connectivity index (χ0v) is 11.4. The Bertz CT molecular complexity index is 619. The Morgan fingerprint density at radius 2 is 2.25 bits per heavy atom. The number of para-hydroxylation sites is 1. The lowest BCUT2D eigenvalue weighted by molar-refractivity contribution is -0.121. The molecule has 20 heavy (non-hydrogen) atoms. The normalized spacial score (nSPS) is 10.7. The summed E-state index contributed by atoms with van der Waals surface area (Å²) in [5.41, 5.74) is 4.12. The van der Waals surface area contributed by atoms with Crippen LogP contribution in [-0.4, -0.2) is 29.0 Å². The standard InChI is InChI=1S/C14H16N4O2/c1-11-7-8-18(17-11)10-14(19)16-15-9-12-5-3-4-6-13(12)20-2/h3-9H,10H2,1-2H3,(H,16,19)/b15-9-. The maximum absolute atomic E-state index is 11.6. The van der Waals surface area contributed by atoms with Crippen LogP contribution in [0.4, 0.5) is 0 Å². The van der Waals surface area contributed by atoms with E-state index in [1.807, 2.05) is 37.3 Å². The lowest BCUT2D eigenvalue weighted by atomic mass is 10.2.